The Morgan fingerprint density at radius 2 is 1.32 bits per heavy atom. The van der Waals surface area contributed by atoms with Crippen LogP contribution >= 0.6 is 0 Å². The molecule has 7 aromatic rings. The number of nitrogens with zero attached hydrogens (tertiary/aromatic N) is 6. The van der Waals surface area contributed by atoms with Crippen LogP contribution in [0.25, 0.3) is 55.6 Å². The largest absolute Gasteiger partial charge is 0.293 e. The van der Waals surface area contributed by atoms with Gasteiger partial charge in [0.15, 0.2) is 11.3 Å². The van der Waals surface area contributed by atoms with Gasteiger partial charge in [0.25, 0.3) is 0 Å². The number of nitriles is 1. The number of benzene rings is 3. The molecule has 0 amide bonds. The van der Waals surface area contributed by atoms with Gasteiger partial charge in [0.2, 0.25) is 0 Å². The summed E-state index contributed by atoms with van der Waals surface area (Å²) in [6.07, 6.45) is 1.77. The maximum atomic E-state index is 9.45. The smallest absolute Gasteiger partial charge is 0.166 e. The zero-order valence-electron chi connectivity index (χ0n) is 17.9. The molecule has 0 spiro atoms. The van der Waals surface area contributed by atoms with Crippen molar-refractivity contribution in [3.8, 4) is 17.4 Å². The summed E-state index contributed by atoms with van der Waals surface area (Å²) >= 11 is 0. The lowest BCUT2D eigenvalue weighted by atomic mass is 10.2. The van der Waals surface area contributed by atoms with E-state index in [9.17, 15) is 5.26 Å². The second kappa shape index (κ2) is 6.99. The van der Waals surface area contributed by atoms with E-state index in [0.717, 1.165) is 50.0 Å². The van der Waals surface area contributed by atoms with Crippen LogP contribution in [-0.2, 0) is 0 Å². The lowest BCUT2D eigenvalue weighted by molar-refractivity contribution is 1.12. The molecule has 7 rings (SSSR count). The first-order valence-electron chi connectivity index (χ1n) is 11.0. The number of hydrogen-bond donors (Lipinski definition) is 0. The van der Waals surface area contributed by atoms with Gasteiger partial charge >= 0.3 is 0 Å². The molecule has 0 saturated carbocycles. The topological polar surface area (TPSA) is 72.3 Å². The number of para-hydroxylation sites is 2. The molecule has 0 aliphatic heterocycles. The van der Waals surface area contributed by atoms with Crippen molar-refractivity contribution < 1.29 is 0 Å². The van der Waals surface area contributed by atoms with Gasteiger partial charge < -0.3 is 0 Å². The summed E-state index contributed by atoms with van der Waals surface area (Å²) < 4.78 is 4.19. The lowest BCUT2D eigenvalue weighted by Gasteiger charge is -2.07. The van der Waals surface area contributed by atoms with Gasteiger partial charge in [-0.2, -0.15) is 5.26 Å². The van der Waals surface area contributed by atoms with Crippen molar-refractivity contribution in [1.29, 1.82) is 5.26 Å². The van der Waals surface area contributed by atoms with Crippen molar-refractivity contribution in [2.24, 2.45) is 0 Å². The second-order valence-corrected chi connectivity index (χ2v) is 8.12. The van der Waals surface area contributed by atoms with Crippen LogP contribution in [-0.4, -0.2) is 24.1 Å². The van der Waals surface area contributed by atoms with E-state index in [1.165, 1.54) is 0 Å². The van der Waals surface area contributed by atoms with E-state index >= 15 is 0 Å². The van der Waals surface area contributed by atoms with E-state index in [-0.39, 0.29) is 0 Å². The Kier molecular flexibility index (Phi) is 3.81. The normalized spacial score (nSPS) is 11.5. The van der Waals surface area contributed by atoms with E-state index in [2.05, 4.69) is 39.9 Å². The monoisotopic (exact) mass is 436 g/mol. The lowest BCUT2D eigenvalue weighted by Crippen LogP contribution is -1.98. The van der Waals surface area contributed by atoms with Gasteiger partial charge in [-0.1, -0.05) is 42.5 Å². The number of fused-ring (bicyclic) bond motifs is 6. The Bertz CT molecular complexity index is 1920. The van der Waals surface area contributed by atoms with Crippen molar-refractivity contribution in [1.82, 2.24) is 24.1 Å². The highest BCUT2D eigenvalue weighted by molar-refractivity contribution is 6.11. The third-order valence-electron chi connectivity index (χ3n) is 6.18. The number of aromatic nitrogens is 5. The predicted molar refractivity (Wildman–Crippen MR) is 133 cm³/mol. The molecule has 0 saturated heterocycles. The van der Waals surface area contributed by atoms with Crippen LogP contribution in [0.3, 0.4) is 0 Å². The summed E-state index contributed by atoms with van der Waals surface area (Å²) in [6.45, 7) is 0. The molecule has 0 unspecified atom stereocenters. The van der Waals surface area contributed by atoms with E-state index in [4.69, 9.17) is 9.97 Å². The van der Waals surface area contributed by atoms with Gasteiger partial charge in [0.05, 0.1) is 22.7 Å². The molecular formula is C28H16N6. The molecule has 6 heteroatoms. The molecule has 6 nitrogen and oxygen atoms in total. The average molecular weight is 436 g/mol. The molecule has 34 heavy (non-hydrogen) atoms. The summed E-state index contributed by atoms with van der Waals surface area (Å²) in [7, 11) is 0. The molecule has 158 valence electrons. The van der Waals surface area contributed by atoms with Gasteiger partial charge in [0, 0.05) is 23.0 Å². The van der Waals surface area contributed by atoms with Gasteiger partial charge in [-0.3, -0.25) is 14.1 Å². The molecular weight excluding hydrogens is 420 g/mol. The van der Waals surface area contributed by atoms with Crippen LogP contribution in [0.5, 0.6) is 0 Å². The number of hydrogen-bond acceptors (Lipinski definition) is 4. The quantitative estimate of drug-likeness (QED) is 0.336. The van der Waals surface area contributed by atoms with Crippen molar-refractivity contribution in [3.63, 3.8) is 0 Å². The Labute approximate surface area is 194 Å². The highest BCUT2D eigenvalue weighted by atomic mass is 15.1. The number of rotatable bonds is 2. The average Bonchev–Trinajstić information content (AvgIpc) is 3.40. The molecule has 0 radical (unpaired) electrons. The van der Waals surface area contributed by atoms with E-state index in [0.29, 0.717) is 11.2 Å². The Hall–Kier alpha value is -5.02. The zero-order chi connectivity index (χ0) is 22.6. The summed E-state index contributed by atoms with van der Waals surface area (Å²) in [5.41, 5.74) is 8.25. The molecule has 0 fully saturated rings. The standard InChI is InChI=1S/C28H16N6/c29-17-18-8-6-11-20(16-18)34-23-14-7-15-30-25(23)26-28(34)31-24-21-12-4-5-13-22(21)33(27(24)32-26)19-9-2-1-3-10-19/h1-16H. The summed E-state index contributed by atoms with van der Waals surface area (Å²) in [5, 5.41) is 10.5. The maximum absolute atomic E-state index is 9.45. The van der Waals surface area contributed by atoms with Crippen molar-refractivity contribution >= 4 is 44.3 Å². The molecule has 3 aromatic carbocycles. The highest BCUT2D eigenvalue weighted by Crippen LogP contribution is 2.34. The summed E-state index contributed by atoms with van der Waals surface area (Å²) in [5.74, 6) is 0. The first-order valence-corrected chi connectivity index (χ1v) is 11.0. The van der Waals surface area contributed by atoms with Gasteiger partial charge in [-0.15, -0.1) is 0 Å². The molecule has 4 heterocycles. The van der Waals surface area contributed by atoms with Crippen molar-refractivity contribution in [2.75, 3.05) is 0 Å². The Morgan fingerprint density at radius 1 is 0.618 bits per heavy atom. The highest BCUT2D eigenvalue weighted by Gasteiger charge is 2.21. The Morgan fingerprint density at radius 3 is 2.21 bits per heavy atom. The van der Waals surface area contributed by atoms with Crippen LogP contribution in [0.15, 0.2) is 97.2 Å². The molecule has 4 aromatic heterocycles. The van der Waals surface area contributed by atoms with Crippen LogP contribution in [0.4, 0.5) is 0 Å². The van der Waals surface area contributed by atoms with Crippen LogP contribution in [0.1, 0.15) is 5.56 Å². The fourth-order valence-electron chi connectivity index (χ4n) is 4.74. The van der Waals surface area contributed by atoms with Crippen molar-refractivity contribution in [2.45, 2.75) is 0 Å². The molecule has 0 bridgehead atoms. The zero-order valence-corrected chi connectivity index (χ0v) is 17.9. The van der Waals surface area contributed by atoms with E-state index in [1.54, 1.807) is 12.3 Å². The maximum Gasteiger partial charge on any atom is 0.166 e. The molecule has 0 aliphatic carbocycles. The van der Waals surface area contributed by atoms with E-state index in [1.807, 2.05) is 65.2 Å². The van der Waals surface area contributed by atoms with Gasteiger partial charge in [-0.25, -0.2) is 9.97 Å². The minimum atomic E-state index is 0.589. The predicted octanol–water partition coefficient (Wildman–Crippen LogP) is 5.94. The number of pyridine rings is 1. The first-order chi connectivity index (χ1) is 16.8. The van der Waals surface area contributed by atoms with Crippen LogP contribution in [0.2, 0.25) is 0 Å². The van der Waals surface area contributed by atoms with Crippen LogP contribution in [0, 0.1) is 11.3 Å². The summed E-state index contributed by atoms with van der Waals surface area (Å²) in [4.78, 5) is 15.0. The third kappa shape index (κ3) is 2.52. The third-order valence-corrected chi connectivity index (χ3v) is 6.18. The molecule has 0 aliphatic rings. The van der Waals surface area contributed by atoms with E-state index < -0.39 is 0 Å². The Balaban J connectivity index is 1.68. The molecule has 0 N–H and O–H groups in total. The fourth-order valence-corrected chi connectivity index (χ4v) is 4.74. The second-order valence-electron chi connectivity index (χ2n) is 8.12. The fraction of sp³-hybridized carbons (Fsp3) is 0. The molecule has 0 atom stereocenters. The van der Waals surface area contributed by atoms with Gasteiger partial charge in [-0.05, 0) is 48.5 Å². The minimum Gasteiger partial charge on any atom is -0.293 e. The minimum absolute atomic E-state index is 0.589. The first kappa shape index (κ1) is 18.5. The van der Waals surface area contributed by atoms with Gasteiger partial charge in [0.1, 0.15) is 16.6 Å². The van der Waals surface area contributed by atoms with Crippen molar-refractivity contribution in [3.05, 3.63) is 103 Å². The summed E-state index contributed by atoms with van der Waals surface area (Å²) in [6, 6.07) is 32.1. The van der Waals surface area contributed by atoms with Crippen LogP contribution < -0.4 is 0 Å². The SMILES string of the molecule is N#Cc1cccc(-n2c3cccnc3c3nc4c(nc32)c2ccccc2n4-c2ccccc2)c1.